The molecule has 2 heterocycles. The van der Waals surface area contributed by atoms with Crippen LogP contribution in [-0.2, 0) is 6.42 Å². The number of nitrogens with zero attached hydrogens (tertiary/aromatic N) is 2. The van der Waals surface area contributed by atoms with Gasteiger partial charge in [0.25, 0.3) is 0 Å². The van der Waals surface area contributed by atoms with Gasteiger partial charge in [0.05, 0.1) is 11.2 Å². The topological polar surface area (TPSA) is 25.2 Å². The van der Waals surface area contributed by atoms with E-state index in [0.29, 0.717) is 0 Å². The summed E-state index contributed by atoms with van der Waals surface area (Å²) in [7, 11) is 0. The quantitative estimate of drug-likeness (QED) is 0.199. The lowest BCUT2D eigenvalue weighted by Crippen LogP contribution is -2.09. The summed E-state index contributed by atoms with van der Waals surface area (Å²) in [5.74, 6) is 0.145. The second-order valence-electron chi connectivity index (χ2n) is 12.9. The Morgan fingerprint density at radius 1 is 0.638 bits per heavy atom. The van der Waals surface area contributed by atoms with Crippen LogP contribution in [0.3, 0.4) is 0 Å². The molecule has 2 heteroatoms. The lowest BCUT2D eigenvalue weighted by atomic mass is 9.85. The summed E-state index contributed by atoms with van der Waals surface area (Å²) in [4.78, 5) is 9.92. The molecule has 220 valence electrons. The molecule has 1 aliphatic heterocycles. The van der Waals surface area contributed by atoms with Crippen LogP contribution in [0.5, 0.6) is 0 Å². The first-order valence-corrected chi connectivity index (χ1v) is 16.4. The summed E-state index contributed by atoms with van der Waals surface area (Å²) in [6.45, 7) is 4.75. The van der Waals surface area contributed by atoms with Crippen LogP contribution in [0.1, 0.15) is 40.2 Å². The monoisotopic (exact) mass is 598 g/mol. The smallest absolute Gasteiger partial charge is 0.0961 e. The third-order valence-electron chi connectivity index (χ3n) is 10.4. The van der Waals surface area contributed by atoms with Gasteiger partial charge >= 0.3 is 0 Å². The number of allylic oxidation sites excluding steroid dienone is 5. The van der Waals surface area contributed by atoms with Gasteiger partial charge in [-0.25, -0.2) is 0 Å². The fourth-order valence-corrected chi connectivity index (χ4v) is 8.11. The molecule has 7 aromatic rings. The third-order valence-corrected chi connectivity index (χ3v) is 10.4. The Kier molecular flexibility index (Phi) is 5.65. The van der Waals surface area contributed by atoms with E-state index in [-0.39, 0.29) is 5.92 Å². The number of aliphatic imine (C=N–C) groups is 1. The van der Waals surface area contributed by atoms with Crippen molar-refractivity contribution in [1.29, 1.82) is 0 Å². The van der Waals surface area contributed by atoms with Gasteiger partial charge in [0, 0.05) is 23.2 Å². The molecule has 0 bridgehead atoms. The molecular weight excluding hydrogens is 569 g/mol. The van der Waals surface area contributed by atoms with Crippen LogP contribution < -0.4 is 0 Å². The molecule has 1 atom stereocenters. The normalized spacial score (nSPS) is 16.6. The first kappa shape index (κ1) is 26.4. The van der Waals surface area contributed by atoms with E-state index < -0.39 is 0 Å². The molecule has 0 saturated heterocycles. The summed E-state index contributed by atoms with van der Waals surface area (Å²) in [5, 5.41) is 6.19. The lowest BCUT2D eigenvalue weighted by molar-refractivity contribution is 1.01. The van der Waals surface area contributed by atoms with Crippen molar-refractivity contribution in [2.45, 2.75) is 18.8 Å². The molecule has 0 spiro atoms. The van der Waals surface area contributed by atoms with Gasteiger partial charge in [0.1, 0.15) is 0 Å². The Morgan fingerprint density at radius 2 is 1.47 bits per heavy atom. The first-order valence-electron chi connectivity index (χ1n) is 16.4. The van der Waals surface area contributed by atoms with E-state index in [4.69, 9.17) is 16.6 Å². The average molecular weight is 599 g/mol. The number of aromatic nitrogens is 1. The maximum atomic E-state index is 5.22. The molecule has 0 N–H and O–H groups in total. The van der Waals surface area contributed by atoms with E-state index in [1.165, 1.54) is 71.6 Å². The van der Waals surface area contributed by atoms with E-state index in [1.807, 2.05) is 12.3 Å². The molecule has 1 aromatic heterocycles. The van der Waals surface area contributed by atoms with Crippen molar-refractivity contribution >= 4 is 55.0 Å². The highest BCUT2D eigenvalue weighted by Crippen LogP contribution is 2.54. The molecule has 6 aromatic carbocycles. The highest BCUT2D eigenvalue weighted by molar-refractivity contribution is 6.16. The predicted octanol–water partition coefficient (Wildman–Crippen LogP) is 11.4. The van der Waals surface area contributed by atoms with Crippen molar-refractivity contribution in [3.8, 4) is 11.1 Å². The van der Waals surface area contributed by atoms with Crippen molar-refractivity contribution in [2.24, 2.45) is 4.99 Å². The minimum Gasteiger partial charge on any atom is -0.254 e. The first-order chi connectivity index (χ1) is 23.2. The van der Waals surface area contributed by atoms with Crippen molar-refractivity contribution in [2.75, 3.05) is 0 Å². The highest BCUT2D eigenvalue weighted by atomic mass is 14.8. The molecule has 3 aliphatic rings. The van der Waals surface area contributed by atoms with E-state index in [9.17, 15) is 0 Å². The number of rotatable bonds is 3. The Balaban J connectivity index is 1.07. The van der Waals surface area contributed by atoms with E-state index in [2.05, 4.69) is 127 Å². The van der Waals surface area contributed by atoms with Gasteiger partial charge in [-0.05, 0) is 114 Å². The second kappa shape index (κ2) is 10.1. The SMILES string of the molecule is C=C1C2=C(C=CC2c2cccc(C3=Nc4c(ccc5cccnc45)CC3)c2)c2cc(-c3ccc4ccccc4c3)c3ccccc3c21. The van der Waals surface area contributed by atoms with Crippen LogP contribution in [0.15, 0.2) is 157 Å². The van der Waals surface area contributed by atoms with Gasteiger partial charge in [0.2, 0.25) is 0 Å². The van der Waals surface area contributed by atoms with E-state index >= 15 is 0 Å². The zero-order chi connectivity index (χ0) is 31.1. The number of pyridine rings is 1. The Labute approximate surface area is 273 Å². The summed E-state index contributed by atoms with van der Waals surface area (Å²) < 4.78 is 0. The van der Waals surface area contributed by atoms with Crippen LogP contribution in [0, 0.1) is 0 Å². The minimum absolute atomic E-state index is 0.145. The Hall–Kier alpha value is -5.86. The third kappa shape index (κ3) is 3.98. The Morgan fingerprint density at radius 3 is 2.40 bits per heavy atom. The number of benzene rings is 6. The number of hydrogen-bond donors (Lipinski definition) is 0. The lowest BCUT2D eigenvalue weighted by Gasteiger charge is -2.20. The van der Waals surface area contributed by atoms with Gasteiger partial charge in [-0.3, -0.25) is 9.98 Å². The Bertz CT molecular complexity index is 2600. The van der Waals surface area contributed by atoms with Gasteiger partial charge in [0.15, 0.2) is 0 Å². The summed E-state index contributed by atoms with van der Waals surface area (Å²) in [6.07, 6.45) is 8.45. The molecule has 10 rings (SSSR count). The van der Waals surface area contributed by atoms with Gasteiger partial charge in [-0.15, -0.1) is 0 Å². The molecule has 2 nitrogen and oxygen atoms in total. The summed E-state index contributed by atoms with van der Waals surface area (Å²) >= 11 is 0. The second-order valence-corrected chi connectivity index (χ2v) is 12.9. The molecule has 0 saturated carbocycles. The molecule has 47 heavy (non-hydrogen) atoms. The average Bonchev–Trinajstić information content (AvgIpc) is 3.70. The van der Waals surface area contributed by atoms with Crippen molar-refractivity contribution in [1.82, 2.24) is 4.98 Å². The molecule has 0 fully saturated rings. The van der Waals surface area contributed by atoms with Crippen LogP contribution in [0.25, 0.3) is 54.7 Å². The van der Waals surface area contributed by atoms with E-state index in [0.717, 1.165) is 40.7 Å². The number of fused-ring (bicyclic) bond motifs is 8. The largest absolute Gasteiger partial charge is 0.254 e. The fourth-order valence-electron chi connectivity index (χ4n) is 8.11. The van der Waals surface area contributed by atoms with E-state index in [1.54, 1.807) is 0 Å². The molecule has 1 unspecified atom stereocenters. The number of aryl methyl sites for hydroxylation is 1. The van der Waals surface area contributed by atoms with Gasteiger partial charge in [-0.1, -0.05) is 116 Å². The fraction of sp³-hybridized carbons (Fsp3) is 0.0667. The van der Waals surface area contributed by atoms with Crippen LogP contribution in [0.4, 0.5) is 5.69 Å². The molecule has 0 radical (unpaired) electrons. The summed E-state index contributed by atoms with van der Waals surface area (Å²) in [6, 6.07) is 44.2. The molecular formula is C45H30N2. The maximum absolute atomic E-state index is 5.22. The van der Waals surface area contributed by atoms with Crippen molar-refractivity contribution < 1.29 is 0 Å². The predicted molar refractivity (Wildman–Crippen MR) is 197 cm³/mol. The van der Waals surface area contributed by atoms with Crippen LogP contribution in [-0.4, -0.2) is 10.7 Å². The molecule has 2 aliphatic carbocycles. The van der Waals surface area contributed by atoms with Crippen molar-refractivity contribution in [3.63, 3.8) is 0 Å². The van der Waals surface area contributed by atoms with Gasteiger partial charge in [-0.2, -0.15) is 0 Å². The van der Waals surface area contributed by atoms with Crippen LogP contribution in [0.2, 0.25) is 0 Å². The zero-order valence-electron chi connectivity index (χ0n) is 25.9. The number of hydrogen-bond acceptors (Lipinski definition) is 2. The molecule has 0 amide bonds. The highest BCUT2D eigenvalue weighted by Gasteiger charge is 2.34. The standard InChI is InChI=1S/C45H30N2/c1-27-42-35(32-10-6-11-34(25-32)41-22-19-30-17-16-29-12-7-23-46-44(29)45(30)47-41)20-21-38(42)40-26-39(36-13-4-5-14-37(36)43(27)40)33-18-15-28-8-2-3-9-31(28)24-33/h2-18,20-21,23-26,35H,1,19,22H2. The van der Waals surface area contributed by atoms with Crippen LogP contribution >= 0.6 is 0 Å². The van der Waals surface area contributed by atoms with Gasteiger partial charge < -0.3 is 0 Å². The van der Waals surface area contributed by atoms with Crippen molar-refractivity contribution in [3.05, 3.63) is 180 Å². The summed E-state index contributed by atoms with van der Waals surface area (Å²) in [5.41, 5.74) is 15.7. The zero-order valence-corrected chi connectivity index (χ0v) is 25.9. The minimum atomic E-state index is 0.145. The maximum Gasteiger partial charge on any atom is 0.0961 e.